The summed E-state index contributed by atoms with van der Waals surface area (Å²) in [6.07, 6.45) is 3.76. The van der Waals surface area contributed by atoms with E-state index >= 15 is 0 Å². The van der Waals surface area contributed by atoms with E-state index in [0.717, 1.165) is 6.54 Å². The molecule has 3 N–H and O–H groups in total. The van der Waals surface area contributed by atoms with E-state index in [4.69, 9.17) is 10.5 Å². The largest absolute Gasteiger partial charge is 0.380 e. The fourth-order valence-corrected chi connectivity index (χ4v) is 1.62. The predicted octanol–water partition coefficient (Wildman–Crippen LogP) is 0.421. The molecule has 0 aliphatic rings. The lowest BCUT2D eigenvalue weighted by Crippen LogP contribution is -2.35. The van der Waals surface area contributed by atoms with E-state index in [0.29, 0.717) is 25.4 Å². The van der Waals surface area contributed by atoms with Gasteiger partial charge in [0, 0.05) is 39.1 Å². The summed E-state index contributed by atoms with van der Waals surface area (Å²) in [5, 5.41) is 7.00. The molecule has 1 aromatic rings. The van der Waals surface area contributed by atoms with Crippen molar-refractivity contribution in [2.45, 2.75) is 26.0 Å². The number of hydrogen-bond acceptors (Lipinski definition) is 4. The van der Waals surface area contributed by atoms with E-state index < -0.39 is 0 Å². The fourth-order valence-electron chi connectivity index (χ4n) is 1.62. The van der Waals surface area contributed by atoms with E-state index in [1.54, 1.807) is 13.3 Å². The number of nitrogens with two attached hydrogens (primary N) is 1. The van der Waals surface area contributed by atoms with E-state index in [9.17, 15) is 4.79 Å². The Morgan fingerprint density at radius 1 is 1.58 bits per heavy atom. The van der Waals surface area contributed by atoms with Crippen molar-refractivity contribution in [2.24, 2.45) is 11.7 Å². The Bertz CT molecular complexity index is 342. The van der Waals surface area contributed by atoms with Gasteiger partial charge in [0.2, 0.25) is 5.91 Å². The Balaban J connectivity index is 0.00000324. The van der Waals surface area contributed by atoms with Crippen LogP contribution in [0.15, 0.2) is 18.5 Å². The molecule has 2 unspecified atom stereocenters. The van der Waals surface area contributed by atoms with Crippen LogP contribution in [0.1, 0.15) is 13.3 Å². The highest BCUT2D eigenvalue weighted by Gasteiger charge is 2.12. The lowest BCUT2D eigenvalue weighted by atomic mass is 10.1. The predicted molar refractivity (Wildman–Crippen MR) is 76.1 cm³/mol. The molecule has 0 radical (unpaired) electrons. The van der Waals surface area contributed by atoms with Gasteiger partial charge in [0.1, 0.15) is 0 Å². The molecule has 0 aromatic carbocycles. The summed E-state index contributed by atoms with van der Waals surface area (Å²) < 4.78 is 6.92. The molecule has 0 aliphatic carbocycles. The number of halogens is 1. The molecule has 1 aromatic heterocycles. The average Bonchev–Trinajstić information content (AvgIpc) is 2.86. The van der Waals surface area contributed by atoms with Gasteiger partial charge in [-0.2, -0.15) is 5.10 Å². The first-order valence-corrected chi connectivity index (χ1v) is 6.12. The minimum absolute atomic E-state index is 0. The molecule has 110 valence electrons. The van der Waals surface area contributed by atoms with Gasteiger partial charge in [0.05, 0.1) is 12.5 Å². The van der Waals surface area contributed by atoms with Crippen LogP contribution < -0.4 is 11.1 Å². The van der Waals surface area contributed by atoms with Gasteiger partial charge in [0.15, 0.2) is 0 Å². The molecule has 7 heteroatoms. The molecule has 1 amide bonds. The molecular formula is C12H23ClN4O2. The van der Waals surface area contributed by atoms with Crippen LogP contribution in [0.4, 0.5) is 0 Å². The van der Waals surface area contributed by atoms with Crippen LogP contribution in [-0.4, -0.2) is 42.0 Å². The molecule has 0 fully saturated rings. The summed E-state index contributed by atoms with van der Waals surface area (Å²) in [4.78, 5) is 11.6. The molecule has 0 bridgehead atoms. The molecule has 2 atom stereocenters. The highest BCUT2D eigenvalue weighted by molar-refractivity contribution is 5.85. The Morgan fingerprint density at radius 3 is 2.84 bits per heavy atom. The SMILES string of the molecule is COC(CN)CC(=O)NCC(C)Cn1cccn1.Cl. The van der Waals surface area contributed by atoms with E-state index in [1.165, 1.54) is 0 Å². The summed E-state index contributed by atoms with van der Waals surface area (Å²) >= 11 is 0. The number of ether oxygens (including phenoxy) is 1. The van der Waals surface area contributed by atoms with Gasteiger partial charge in [-0.05, 0) is 12.0 Å². The van der Waals surface area contributed by atoms with Crippen molar-refractivity contribution in [1.29, 1.82) is 0 Å². The summed E-state index contributed by atoms with van der Waals surface area (Å²) in [5.74, 6) is 0.298. The van der Waals surface area contributed by atoms with E-state index in [1.807, 2.05) is 16.9 Å². The van der Waals surface area contributed by atoms with Gasteiger partial charge in [-0.25, -0.2) is 0 Å². The monoisotopic (exact) mass is 290 g/mol. The van der Waals surface area contributed by atoms with Crippen LogP contribution in [0.2, 0.25) is 0 Å². The Kier molecular flexibility index (Phi) is 9.20. The second-order valence-electron chi connectivity index (χ2n) is 4.43. The first-order valence-electron chi connectivity index (χ1n) is 6.12. The normalized spacial score (nSPS) is 13.4. The van der Waals surface area contributed by atoms with Crippen LogP contribution in [0.25, 0.3) is 0 Å². The first-order chi connectivity index (χ1) is 8.65. The topological polar surface area (TPSA) is 82.2 Å². The number of carbonyl (C=O) groups is 1. The maximum atomic E-state index is 11.6. The van der Waals surface area contributed by atoms with Crippen molar-refractivity contribution >= 4 is 18.3 Å². The van der Waals surface area contributed by atoms with Crippen molar-refractivity contribution < 1.29 is 9.53 Å². The second kappa shape index (κ2) is 9.77. The van der Waals surface area contributed by atoms with Crippen LogP contribution in [0.5, 0.6) is 0 Å². The molecule has 1 heterocycles. The number of nitrogens with zero attached hydrogens (tertiary/aromatic N) is 2. The highest BCUT2D eigenvalue weighted by Crippen LogP contribution is 1.99. The fraction of sp³-hybridized carbons (Fsp3) is 0.667. The van der Waals surface area contributed by atoms with Crippen molar-refractivity contribution in [3.8, 4) is 0 Å². The lowest BCUT2D eigenvalue weighted by Gasteiger charge is -2.15. The van der Waals surface area contributed by atoms with Gasteiger partial charge >= 0.3 is 0 Å². The summed E-state index contributed by atoms with van der Waals surface area (Å²) in [5.41, 5.74) is 5.46. The quantitative estimate of drug-likeness (QED) is 0.727. The summed E-state index contributed by atoms with van der Waals surface area (Å²) in [7, 11) is 1.56. The zero-order valence-corrected chi connectivity index (χ0v) is 12.2. The van der Waals surface area contributed by atoms with Crippen LogP contribution in [0, 0.1) is 5.92 Å². The highest BCUT2D eigenvalue weighted by atomic mass is 35.5. The smallest absolute Gasteiger partial charge is 0.222 e. The molecule has 0 aliphatic heterocycles. The second-order valence-corrected chi connectivity index (χ2v) is 4.43. The van der Waals surface area contributed by atoms with Gasteiger partial charge in [0.25, 0.3) is 0 Å². The van der Waals surface area contributed by atoms with Crippen molar-refractivity contribution in [3.05, 3.63) is 18.5 Å². The lowest BCUT2D eigenvalue weighted by molar-refractivity contribution is -0.123. The summed E-state index contributed by atoms with van der Waals surface area (Å²) in [6, 6.07) is 1.88. The molecule has 19 heavy (non-hydrogen) atoms. The maximum absolute atomic E-state index is 11.6. The third kappa shape index (κ3) is 7.15. The number of amides is 1. The zero-order valence-electron chi connectivity index (χ0n) is 11.4. The number of aromatic nitrogens is 2. The number of nitrogens with one attached hydrogen (secondary N) is 1. The van der Waals surface area contributed by atoms with Crippen LogP contribution in [-0.2, 0) is 16.1 Å². The van der Waals surface area contributed by atoms with Gasteiger partial charge in [-0.15, -0.1) is 12.4 Å². The molecule has 6 nitrogen and oxygen atoms in total. The van der Waals surface area contributed by atoms with Gasteiger partial charge in [-0.1, -0.05) is 6.92 Å². The third-order valence-electron chi connectivity index (χ3n) is 2.71. The number of carbonyl (C=O) groups excluding carboxylic acids is 1. The number of rotatable bonds is 8. The Hall–Kier alpha value is -1.11. The first kappa shape index (κ1) is 17.9. The minimum atomic E-state index is -0.202. The molecule has 0 saturated carbocycles. The molecule has 1 rings (SSSR count). The number of hydrogen-bond donors (Lipinski definition) is 2. The van der Waals surface area contributed by atoms with E-state index in [-0.39, 0.29) is 24.4 Å². The zero-order chi connectivity index (χ0) is 13.4. The van der Waals surface area contributed by atoms with Crippen LogP contribution >= 0.6 is 12.4 Å². The van der Waals surface area contributed by atoms with Crippen molar-refractivity contribution in [1.82, 2.24) is 15.1 Å². The van der Waals surface area contributed by atoms with Gasteiger partial charge in [-0.3, -0.25) is 9.48 Å². The standard InChI is InChI=1S/C12H22N4O2.ClH/c1-10(9-16-5-3-4-15-16)8-14-12(17)6-11(7-13)18-2;/h3-5,10-11H,6-9,13H2,1-2H3,(H,14,17);1H. The van der Waals surface area contributed by atoms with Crippen molar-refractivity contribution in [3.63, 3.8) is 0 Å². The molecular weight excluding hydrogens is 268 g/mol. The van der Waals surface area contributed by atoms with Crippen LogP contribution in [0.3, 0.4) is 0 Å². The molecule has 0 spiro atoms. The Labute approximate surface area is 120 Å². The maximum Gasteiger partial charge on any atom is 0.222 e. The van der Waals surface area contributed by atoms with Crippen molar-refractivity contribution in [2.75, 3.05) is 20.2 Å². The average molecular weight is 291 g/mol. The summed E-state index contributed by atoms with van der Waals surface area (Å²) in [6.45, 7) is 3.84. The Morgan fingerprint density at radius 2 is 2.32 bits per heavy atom. The third-order valence-corrected chi connectivity index (χ3v) is 2.71. The minimum Gasteiger partial charge on any atom is -0.380 e. The number of methoxy groups -OCH3 is 1. The van der Waals surface area contributed by atoms with Gasteiger partial charge < -0.3 is 15.8 Å². The molecule has 0 saturated heterocycles. The van der Waals surface area contributed by atoms with E-state index in [2.05, 4.69) is 17.3 Å².